The summed E-state index contributed by atoms with van der Waals surface area (Å²) in [6.45, 7) is 3.88. The number of anilines is 1. The summed E-state index contributed by atoms with van der Waals surface area (Å²) in [6.07, 6.45) is 2.86. The van der Waals surface area contributed by atoms with Crippen LogP contribution >= 0.6 is 0 Å². The van der Waals surface area contributed by atoms with Crippen LogP contribution in [-0.4, -0.2) is 26.3 Å². The summed E-state index contributed by atoms with van der Waals surface area (Å²) in [4.78, 5) is 13.6. The zero-order valence-corrected chi connectivity index (χ0v) is 11.7. The minimum Gasteiger partial charge on any atom is -0.452 e. The SMILES string of the molecule is CCCNC1CCCN(C(=O)OC)c2ccccc21. The average Bonchev–Trinajstić information content (AvgIpc) is 2.64. The van der Waals surface area contributed by atoms with Gasteiger partial charge in [0.2, 0.25) is 0 Å². The number of hydrogen-bond acceptors (Lipinski definition) is 3. The maximum Gasteiger partial charge on any atom is 0.414 e. The van der Waals surface area contributed by atoms with Crippen LogP contribution in [0.15, 0.2) is 24.3 Å². The first-order valence-corrected chi connectivity index (χ1v) is 6.95. The second-order valence-electron chi connectivity index (χ2n) is 4.83. The third kappa shape index (κ3) is 3.07. The number of nitrogens with one attached hydrogen (secondary N) is 1. The number of rotatable bonds is 3. The molecule has 1 heterocycles. The zero-order valence-electron chi connectivity index (χ0n) is 11.7. The fourth-order valence-corrected chi connectivity index (χ4v) is 2.59. The Morgan fingerprint density at radius 2 is 2.26 bits per heavy atom. The molecule has 1 aliphatic heterocycles. The van der Waals surface area contributed by atoms with Crippen molar-refractivity contribution >= 4 is 11.8 Å². The Hall–Kier alpha value is -1.55. The van der Waals surface area contributed by atoms with Gasteiger partial charge in [0.15, 0.2) is 0 Å². The van der Waals surface area contributed by atoms with Crippen molar-refractivity contribution in [1.29, 1.82) is 0 Å². The van der Waals surface area contributed by atoms with Gasteiger partial charge in [-0.3, -0.25) is 4.90 Å². The summed E-state index contributed by atoms with van der Waals surface area (Å²) in [7, 11) is 1.43. The number of nitrogens with zero attached hydrogens (tertiary/aromatic N) is 1. The number of ether oxygens (including phenoxy) is 1. The highest BCUT2D eigenvalue weighted by Gasteiger charge is 2.26. The van der Waals surface area contributed by atoms with Crippen LogP contribution in [0.25, 0.3) is 0 Å². The van der Waals surface area contributed by atoms with Gasteiger partial charge < -0.3 is 10.1 Å². The lowest BCUT2D eigenvalue weighted by Gasteiger charge is -2.23. The van der Waals surface area contributed by atoms with Crippen molar-refractivity contribution in [2.45, 2.75) is 32.2 Å². The molecule has 4 heteroatoms. The Kier molecular flexibility index (Phi) is 4.80. The van der Waals surface area contributed by atoms with Gasteiger partial charge in [-0.05, 0) is 37.4 Å². The van der Waals surface area contributed by atoms with Gasteiger partial charge in [0.25, 0.3) is 0 Å². The van der Waals surface area contributed by atoms with Gasteiger partial charge in [-0.2, -0.15) is 0 Å². The number of methoxy groups -OCH3 is 1. The third-order valence-corrected chi connectivity index (χ3v) is 3.51. The molecular weight excluding hydrogens is 240 g/mol. The molecule has 0 radical (unpaired) electrons. The minimum absolute atomic E-state index is 0.274. The highest BCUT2D eigenvalue weighted by atomic mass is 16.5. The largest absolute Gasteiger partial charge is 0.452 e. The molecule has 1 unspecified atom stereocenters. The molecule has 1 amide bonds. The van der Waals surface area contributed by atoms with E-state index in [9.17, 15) is 4.79 Å². The second-order valence-corrected chi connectivity index (χ2v) is 4.83. The van der Waals surface area contributed by atoms with Gasteiger partial charge in [-0.15, -0.1) is 0 Å². The molecule has 1 N–H and O–H groups in total. The Morgan fingerprint density at radius 1 is 1.47 bits per heavy atom. The highest BCUT2D eigenvalue weighted by Crippen LogP contribution is 2.33. The van der Waals surface area contributed by atoms with E-state index in [0.29, 0.717) is 12.6 Å². The van der Waals surface area contributed by atoms with E-state index in [0.717, 1.165) is 31.5 Å². The standard InChI is InChI=1S/C15H22N2O2/c1-3-10-16-13-8-6-11-17(15(18)19-2)14-9-5-4-7-12(13)14/h4-5,7,9,13,16H,3,6,8,10-11H2,1-2H3. The molecule has 0 spiro atoms. The van der Waals surface area contributed by atoms with Crippen LogP contribution < -0.4 is 10.2 Å². The minimum atomic E-state index is -0.274. The van der Waals surface area contributed by atoms with Crippen LogP contribution in [-0.2, 0) is 4.74 Å². The first-order chi connectivity index (χ1) is 9.27. The first kappa shape index (κ1) is 13.9. The van der Waals surface area contributed by atoms with Gasteiger partial charge in [0.05, 0.1) is 12.8 Å². The Bertz CT molecular complexity index is 434. The predicted octanol–water partition coefficient (Wildman–Crippen LogP) is 3.09. The van der Waals surface area contributed by atoms with Gasteiger partial charge in [-0.1, -0.05) is 25.1 Å². The Morgan fingerprint density at radius 3 is 3.00 bits per heavy atom. The fraction of sp³-hybridized carbons (Fsp3) is 0.533. The normalized spacial score (nSPS) is 18.6. The van der Waals surface area contributed by atoms with Crippen molar-refractivity contribution < 1.29 is 9.53 Å². The average molecular weight is 262 g/mol. The molecule has 1 atom stereocenters. The van der Waals surface area contributed by atoms with Crippen LogP contribution in [0.1, 0.15) is 37.8 Å². The van der Waals surface area contributed by atoms with Crippen LogP contribution in [0.2, 0.25) is 0 Å². The molecule has 0 aliphatic carbocycles. The van der Waals surface area contributed by atoms with Crippen molar-refractivity contribution in [1.82, 2.24) is 5.32 Å². The molecule has 2 rings (SSSR count). The molecule has 0 saturated carbocycles. The summed E-state index contributed by atoms with van der Waals surface area (Å²) in [5.41, 5.74) is 2.17. The van der Waals surface area contributed by atoms with Crippen molar-refractivity contribution in [2.75, 3.05) is 25.1 Å². The van der Waals surface area contributed by atoms with Gasteiger partial charge in [0, 0.05) is 12.6 Å². The van der Waals surface area contributed by atoms with Crippen molar-refractivity contribution in [3.05, 3.63) is 29.8 Å². The van der Waals surface area contributed by atoms with E-state index in [1.807, 2.05) is 18.2 Å². The van der Waals surface area contributed by atoms with E-state index in [4.69, 9.17) is 4.74 Å². The topological polar surface area (TPSA) is 41.6 Å². The Labute approximate surface area is 114 Å². The molecular formula is C15H22N2O2. The predicted molar refractivity (Wildman–Crippen MR) is 76.5 cm³/mol. The summed E-state index contributed by atoms with van der Waals surface area (Å²) >= 11 is 0. The molecule has 1 aromatic rings. The number of hydrogen-bond donors (Lipinski definition) is 1. The summed E-state index contributed by atoms with van der Waals surface area (Å²) in [5.74, 6) is 0. The van der Waals surface area contributed by atoms with Crippen molar-refractivity contribution in [2.24, 2.45) is 0 Å². The van der Waals surface area contributed by atoms with Crippen LogP contribution in [0.5, 0.6) is 0 Å². The van der Waals surface area contributed by atoms with E-state index in [2.05, 4.69) is 18.3 Å². The number of para-hydroxylation sites is 1. The summed E-state index contributed by atoms with van der Waals surface area (Å²) in [6, 6.07) is 8.42. The smallest absolute Gasteiger partial charge is 0.414 e. The quantitative estimate of drug-likeness (QED) is 0.910. The maximum absolute atomic E-state index is 11.9. The van der Waals surface area contributed by atoms with Crippen molar-refractivity contribution in [3.8, 4) is 0 Å². The summed E-state index contributed by atoms with van der Waals surface area (Å²) in [5, 5.41) is 3.57. The lowest BCUT2D eigenvalue weighted by Crippen LogP contribution is -2.31. The number of carbonyl (C=O) groups excluding carboxylic acids is 1. The maximum atomic E-state index is 11.9. The van der Waals surface area contributed by atoms with E-state index in [1.54, 1.807) is 4.90 Å². The lowest BCUT2D eigenvalue weighted by atomic mass is 10.0. The number of carbonyl (C=O) groups is 1. The first-order valence-electron chi connectivity index (χ1n) is 6.95. The van der Waals surface area contributed by atoms with Crippen LogP contribution in [0, 0.1) is 0 Å². The van der Waals surface area contributed by atoms with E-state index in [1.165, 1.54) is 12.7 Å². The van der Waals surface area contributed by atoms with Gasteiger partial charge in [0.1, 0.15) is 0 Å². The molecule has 104 valence electrons. The third-order valence-electron chi connectivity index (χ3n) is 3.51. The monoisotopic (exact) mass is 262 g/mol. The molecule has 4 nitrogen and oxygen atoms in total. The molecule has 19 heavy (non-hydrogen) atoms. The fourth-order valence-electron chi connectivity index (χ4n) is 2.59. The number of benzene rings is 1. The molecule has 0 bridgehead atoms. The molecule has 0 aromatic heterocycles. The zero-order chi connectivity index (χ0) is 13.7. The van der Waals surface area contributed by atoms with Crippen LogP contribution in [0.3, 0.4) is 0 Å². The van der Waals surface area contributed by atoms with Crippen LogP contribution in [0.4, 0.5) is 10.5 Å². The van der Waals surface area contributed by atoms with E-state index < -0.39 is 0 Å². The highest BCUT2D eigenvalue weighted by molar-refractivity contribution is 5.88. The number of amides is 1. The van der Waals surface area contributed by atoms with E-state index >= 15 is 0 Å². The van der Waals surface area contributed by atoms with Gasteiger partial charge >= 0.3 is 6.09 Å². The van der Waals surface area contributed by atoms with Gasteiger partial charge in [-0.25, -0.2) is 4.79 Å². The molecule has 0 saturated heterocycles. The van der Waals surface area contributed by atoms with E-state index in [-0.39, 0.29) is 6.09 Å². The second kappa shape index (κ2) is 6.57. The molecule has 1 aliphatic rings. The number of fused-ring (bicyclic) bond motifs is 1. The lowest BCUT2D eigenvalue weighted by molar-refractivity contribution is 0.178. The molecule has 1 aromatic carbocycles. The molecule has 0 fully saturated rings. The summed E-state index contributed by atoms with van der Waals surface area (Å²) < 4.78 is 4.89. The Balaban J connectivity index is 2.31. The van der Waals surface area contributed by atoms with Crippen molar-refractivity contribution in [3.63, 3.8) is 0 Å².